The van der Waals surface area contributed by atoms with Crippen molar-refractivity contribution in [2.75, 3.05) is 7.11 Å². The quantitative estimate of drug-likeness (QED) is 0.258. The summed E-state index contributed by atoms with van der Waals surface area (Å²) in [5, 5.41) is 14.8. The monoisotopic (exact) mass is 526 g/mol. The van der Waals surface area contributed by atoms with Crippen LogP contribution in [0.1, 0.15) is 12.6 Å². The van der Waals surface area contributed by atoms with Crippen LogP contribution in [0.5, 0.6) is 17.2 Å². The van der Waals surface area contributed by atoms with Crippen molar-refractivity contribution in [2.45, 2.75) is 26.3 Å². The van der Waals surface area contributed by atoms with Crippen molar-refractivity contribution in [3.8, 4) is 34.2 Å². The molecule has 0 fully saturated rings. The number of halogens is 3. The molecule has 1 atom stereocenters. The second kappa shape index (κ2) is 9.33. The van der Waals surface area contributed by atoms with E-state index in [9.17, 15) is 23.1 Å². The predicted octanol–water partition coefficient (Wildman–Crippen LogP) is 6.51. The molecule has 38 heavy (non-hydrogen) atoms. The van der Waals surface area contributed by atoms with Gasteiger partial charge in [0.25, 0.3) is 0 Å². The number of methoxy groups -OCH3 is 1. The summed E-state index contributed by atoms with van der Waals surface area (Å²) < 4.78 is 61.3. The Morgan fingerprint density at radius 3 is 2.47 bits per heavy atom. The Kier molecular flexibility index (Phi) is 6.14. The van der Waals surface area contributed by atoms with Crippen LogP contribution in [0.2, 0.25) is 0 Å². The van der Waals surface area contributed by atoms with E-state index >= 15 is 0 Å². The van der Waals surface area contributed by atoms with E-state index in [0.29, 0.717) is 50.3 Å². The Bertz CT molecular complexity index is 1670. The van der Waals surface area contributed by atoms with Crippen molar-refractivity contribution in [3.05, 3.63) is 66.4 Å². The van der Waals surface area contributed by atoms with Crippen LogP contribution in [0.15, 0.2) is 65.2 Å². The third-order valence-corrected chi connectivity index (χ3v) is 6.06. The van der Waals surface area contributed by atoms with Gasteiger partial charge in [0.2, 0.25) is 0 Å². The maximum atomic E-state index is 13.0. The number of alkyl halides is 3. The number of hydrogen-bond acceptors (Lipinski definition) is 6. The Hall–Kier alpha value is -4.67. The molecule has 0 saturated heterocycles. The minimum absolute atomic E-state index is 0.280. The Morgan fingerprint density at radius 2 is 1.76 bits per heavy atom. The van der Waals surface area contributed by atoms with Gasteiger partial charge in [-0.25, -0.2) is 4.79 Å². The molecule has 196 valence electrons. The largest absolute Gasteiger partial charge is 0.573 e. The SMILES string of the molecule is COc1ccc2c(-c3c(C)n(-c4cccc(O[C@@H](C)C(=O)O)c4)c4cc(OC(F)(F)F)ccc34)noc2c1. The van der Waals surface area contributed by atoms with Gasteiger partial charge in [-0.2, -0.15) is 0 Å². The highest BCUT2D eigenvalue weighted by atomic mass is 19.4. The zero-order chi connectivity index (χ0) is 27.2. The van der Waals surface area contributed by atoms with Gasteiger partial charge in [0.05, 0.1) is 18.0 Å². The normalized spacial score (nSPS) is 12.6. The van der Waals surface area contributed by atoms with Crippen LogP contribution in [0.3, 0.4) is 0 Å². The fourth-order valence-electron chi connectivity index (χ4n) is 4.40. The van der Waals surface area contributed by atoms with Crippen molar-refractivity contribution >= 4 is 27.8 Å². The van der Waals surface area contributed by atoms with Gasteiger partial charge in [-0.15, -0.1) is 13.2 Å². The number of hydrogen-bond donors (Lipinski definition) is 1. The van der Waals surface area contributed by atoms with Crippen LogP contribution in [-0.2, 0) is 4.79 Å². The number of aliphatic carboxylic acids is 1. The summed E-state index contributed by atoms with van der Waals surface area (Å²) in [5.74, 6) is -0.664. The van der Waals surface area contributed by atoms with Gasteiger partial charge in [-0.05, 0) is 50.2 Å². The number of benzene rings is 3. The molecule has 5 rings (SSSR count). The molecule has 0 radical (unpaired) electrons. The standard InChI is InChI=1S/C27H21F3N2O6/c1-14-24(25-21-10-7-17(35-3)13-23(21)38-31-25)20-9-8-19(37-27(28,29)30)12-22(20)32(14)16-5-4-6-18(11-16)36-15(2)26(33)34/h4-13,15H,1-3H3,(H,33,34)/t15-/m0/s1. The Labute approximate surface area is 213 Å². The fraction of sp³-hybridized carbons (Fsp3) is 0.185. The zero-order valence-corrected chi connectivity index (χ0v) is 20.4. The molecule has 11 heteroatoms. The van der Waals surface area contributed by atoms with Crippen molar-refractivity contribution < 1.29 is 41.8 Å². The number of nitrogens with zero attached hydrogens (tertiary/aromatic N) is 2. The third kappa shape index (κ3) is 4.58. The summed E-state index contributed by atoms with van der Waals surface area (Å²) >= 11 is 0. The molecule has 3 aromatic carbocycles. The number of rotatable bonds is 7. The predicted molar refractivity (Wildman–Crippen MR) is 132 cm³/mol. The summed E-state index contributed by atoms with van der Waals surface area (Å²) in [7, 11) is 1.53. The lowest BCUT2D eigenvalue weighted by atomic mass is 10.0. The number of carbonyl (C=O) groups is 1. The van der Waals surface area contributed by atoms with Gasteiger partial charge >= 0.3 is 12.3 Å². The van der Waals surface area contributed by atoms with Crippen LogP contribution in [0, 0.1) is 6.92 Å². The summed E-state index contributed by atoms with van der Waals surface area (Å²) in [6, 6.07) is 15.9. The molecular formula is C27H21F3N2O6. The molecular weight excluding hydrogens is 505 g/mol. The maximum Gasteiger partial charge on any atom is 0.573 e. The highest BCUT2D eigenvalue weighted by Gasteiger charge is 2.32. The van der Waals surface area contributed by atoms with Crippen LogP contribution in [0.25, 0.3) is 38.8 Å². The van der Waals surface area contributed by atoms with E-state index in [4.69, 9.17) is 14.0 Å². The molecule has 8 nitrogen and oxygen atoms in total. The van der Waals surface area contributed by atoms with Crippen molar-refractivity contribution in [2.24, 2.45) is 0 Å². The van der Waals surface area contributed by atoms with Crippen LogP contribution < -0.4 is 14.2 Å². The molecule has 0 bridgehead atoms. The first-order valence-electron chi connectivity index (χ1n) is 11.4. The number of aromatic nitrogens is 2. The van der Waals surface area contributed by atoms with E-state index in [-0.39, 0.29) is 5.75 Å². The molecule has 0 saturated carbocycles. The van der Waals surface area contributed by atoms with Gasteiger partial charge in [-0.1, -0.05) is 11.2 Å². The Morgan fingerprint density at radius 1 is 1.03 bits per heavy atom. The zero-order valence-electron chi connectivity index (χ0n) is 20.4. The molecule has 0 aliphatic carbocycles. The van der Waals surface area contributed by atoms with Gasteiger partial charge in [0.15, 0.2) is 11.7 Å². The molecule has 1 N–H and O–H groups in total. The van der Waals surface area contributed by atoms with Gasteiger partial charge in [-0.3, -0.25) is 0 Å². The molecule has 0 spiro atoms. The van der Waals surface area contributed by atoms with E-state index in [1.54, 1.807) is 54.0 Å². The van der Waals surface area contributed by atoms with Crippen molar-refractivity contribution in [3.63, 3.8) is 0 Å². The van der Waals surface area contributed by atoms with Crippen LogP contribution >= 0.6 is 0 Å². The van der Waals surface area contributed by atoms with Crippen molar-refractivity contribution in [1.29, 1.82) is 0 Å². The summed E-state index contributed by atoms with van der Waals surface area (Å²) in [4.78, 5) is 11.3. The van der Waals surface area contributed by atoms with Crippen LogP contribution in [0.4, 0.5) is 13.2 Å². The number of carboxylic acid groups (broad SMARTS) is 1. The number of ether oxygens (including phenoxy) is 3. The topological polar surface area (TPSA) is 96.0 Å². The summed E-state index contributed by atoms with van der Waals surface area (Å²) in [6.45, 7) is 3.20. The highest BCUT2D eigenvalue weighted by molar-refractivity contribution is 6.05. The highest BCUT2D eigenvalue weighted by Crippen LogP contribution is 2.41. The lowest BCUT2D eigenvalue weighted by Crippen LogP contribution is -2.22. The summed E-state index contributed by atoms with van der Waals surface area (Å²) in [6.07, 6.45) is -5.97. The first-order valence-corrected chi connectivity index (χ1v) is 11.4. The minimum atomic E-state index is -4.87. The van der Waals surface area contributed by atoms with Crippen LogP contribution in [-0.4, -0.2) is 40.4 Å². The average molecular weight is 526 g/mol. The van der Waals surface area contributed by atoms with E-state index < -0.39 is 24.2 Å². The smallest absolute Gasteiger partial charge is 0.497 e. The molecule has 5 aromatic rings. The minimum Gasteiger partial charge on any atom is -0.497 e. The number of fused-ring (bicyclic) bond motifs is 2. The van der Waals surface area contributed by atoms with E-state index in [1.807, 2.05) is 0 Å². The number of carboxylic acids is 1. The Balaban J connectivity index is 1.74. The first-order chi connectivity index (χ1) is 18.1. The van der Waals surface area contributed by atoms with Gasteiger partial charge in [0.1, 0.15) is 22.9 Å². The first kappa shape index (κ1) is 25.0. The van der Waals surface area contributed by atoms with Gasteiger partial charge in [0, 0.05) is 40.5 Å². The van der Waals surface area contributed by atoms with E-state index in [2.05, 4.69) is 9.89 Å². The van der Waals surface area contributed by atoms with E-state index in [1.165, 1.54) is 32.2 Å². The molecule has 0 aliphatic rings. The summed E-state index contributed by atoms with van der Waals surface area (Å²) in [5.41, 5.74) is 3.22. The molecule has 0 unspecified atom stereocenters. The molecule has 0 aliphatic heterocycles. The molecule has 0 amide bonds. The van der Waals surface area contributed by atoms with Crippen molar-refractivity contribution in [1.82, 2.24) is 9.72 Å². The molecule has 2 heterocycles. The average Bonchev–Trinajstić information content (AvgIpc) is 3.39. The second-order valence-corrected chi connectivity index (χ2v) is 8.51. The lowest BCUT2D eigenvalue weighted by Gasteiger charge is -2.14. The lowest BCUT2D eigenvalue weighted by molar-refractivity contribution is -0.274. The fourth-order valence-corrected chi connectivity index (χ4v) is 4.40. The maximum absolute atomic E-state index is 13.0. The van der Waals surface area contributed by atoms with Gasteiger partial charge < -0.3 is 28.4 Å². The third-order valence-electron chi connectivity index (χ3n) is 6.06. The van der Waals surface area contributed by atoms with E-state index in [0.717, 1.165) is 0 Å². The second-order valence-electron chi connectivity index (χ2n) is 8.51. The molecule has 2 aromatic heterocycles.